The third-order valence-electron chi connectivity index (χ3n) is 4.82. The number of carboxylic acid groups (broad SMARTS) is 1. The molecule has 2 aliphatic rings. The van der Waals surface area contributed by atoms with Crippen LogP contribution in [0.4, 0.5) is 26.7 Å². The molecule has 2 aliphatic heterocycles. The number of amides is 2. The zero-order chi connectivity index (χ0) is 20.0. The van der Waals surface area contributed by atoms with Crippen LogP contribution in [0.2, 0.25) is 0 Å². The molecule has 1 aromatic rings. The highest BCUT2D eigenvalue weighted by Gasteiger charge is 2.44. The normalized spacial score (nSPS) is 21.8. The molecular formula is C15H17F5N4O3. The van der Waals surface area contributed by atoms with Gasteiger partial charge in [0.05, 0.1) is 12.2 Å². The molecule has 7 nitrogen and oxygen atoms in total. The summed E-state index contributed by atoms with van der Waals surface area (Å²) in [5.74, 6) is -6.05. The van der Waals surface area contributed by atoms with Crippen molar-refractivity contribution < 1.29 is 36.6 Å². The summed E-state index contributed by atoms with van der Waals surface area (Å²) in [6.07, 6.45) is -6.79. The van der Waals surface area contributed by atoms with Crippen molar-refractivity contribution in [1.82, 2.24) is 20.0 Å². The highest BCUT2D eigenvalue weighted by atomic mass is 19.4. The molecule has 1 atom stereocenters. The van der Waals surface area contributed by atoms with Crippen LogP contribution in [0, 0.1) is 5.92 Å². The van der Waals surface area contributed by atoms with Gasteiger partial charge in [-0.15, -0.1) is 0 Å². The van der Waals surface area contributed by atoms with Gasteiger partial charge in [-0.05, 0) is 12.3 Å². The SMILES string of the molecule is O=C(O)N1CCc2nn3c(c2C1)C(F)(F)CCC(CNC(=O)C(F)(F)F)C3. The van der Waals surface area contributed by atoms with E-state index in [-0.39, 0.29) is 43.7 Å². The summed E-state index contributed by atoms with van der Waals surface area (Å²) < 4.78 is 67.3. The fourth-order valence-corrected chi connectivity index (χ4v) is 3.47. The molecule has 12 heteroatoms. The molecule has 0 aromatic carbocycles. The van der Waals surface area contributed by atoms with Gasteiger partial charge in [-0.1, -0.05) is 0 Å². The van der Waals surface area contributed by atoms with Gasteiger partial charge in [0.2, 0.25) is 0 Å². The maximum atomic E-state index is 14.7. The molecule has 1 unspecified atom stereocenters. The highest BCUT2D eigenvalue weighted by Crippen LogP contribution is 2.41. The van der Waals surface area contributed by atoms with Crippen LogP contribution in [0.15, 0.2) is 0 Å². The average Bonchev–Trinajstić information content (AvgIpc) is 2.87. The minimum atomic E-state index is -5.04. The summed E-state index contributed by atoms with van der Waals surface area (Å²) in [7, 11) is 0. The molecule has 0 radical (unpaired) electrons. The van der Waals surface area contributed by atoms with Gasteiger partial charge in [-0.2, -0.15) is 27.1 Å². The molecule has 0 aliphatic carbocycles. The maximum absolute atomic E-state index is 14.7. The van der Waals surface area contributed by atoms with E-state index in [4.69, 9.17) is 5.11 Å². The van der Waals surface area contributed by atoms with Gasteiger partial charge >= 0.3 is 18.2 Å². The van der Waals surface area contributed by atoms with Gasteiger partial charge < -0.3 is 15.3 Å². The lowest BCUT2D eigenvalue weighted by molar-refractivity contribution is -0.173. The number of aromatic nitrogens is 2. The summed E-state index contributed by atoms with van der Waals surface area (Å²) in [4.78, 5) is 23.1. The summed E-state index contributed by atoms with van der Waals surface area (Å²) in [5, 5.41) is 15.0. The largest absolute Gasteiger partial charge is 0.471 e. The van der Waals surface area contributed by atoms with Crippen molar-refractivity contribution in [2.75, 3.05) is 13.1 Å². The Balaban J connectivity index is 1.82. The standard InChI is InChI=1S/C15H17F5N4O3/c16-14(17)3-1-8(5-21-12(25)15(18,19)20)6-24-11(14)9-7-23(13(26)27)4-2-10(9)22-24/h8H,1-7H2,(H,21,25)(H,26,27). The molecule has 2 amide bonds. The third kappa shape index (κ3) is 3.83. The first-order valence-electron chi connectivity index (χ1n) is 8.29. The van der Waals surface area contributed by atoms with Crippen LogP contribution in [-0.4, -0.2) is 51.1 Å². The minimum absolute atomic E-state index is 0.0802. The number of hydrogen-bond acceptors (Lipinski definition) is 3. The lowest BCUT2D eigenvalue weighted by Gasteiger charge is -2.25. The first kappa shape index (κ1) is 19.4. The van der Waals surface area contributed by atoms with Gasteiger partial charge in [-0.25, -0.2) is 4.79 Å². The molecule has 0 saturated heterocycles. The first-order chi connectivity index (χ1) is 12.5. The molecule has 3 heterocycles. The van der Waals surface area contributed by atoms with E-state index >= 15 is 0 Å². The first-order valence-corrected chi connectivity index (χ1v) is 8.29. The fraction of sp³-hybridized carbons (Fsp3) is 0.667. The molecule has 27 heavy (non-hydrogen) atoms. The summed E-state index contributed by atoms with van der Waals surface area (Å²) in [6.45, 7) is -0.552. The second-order valence-corrected chi connectivity index (χ2v) is 6.73. The van der Waals surface area contributed by atoms with Crippen LogP contribution in [0.5, 0.6) is 0 Å². The topological polar surface area (TPSA) is 87.5 Å². The van der Waals surface area contributed by atoms with Gasteiger partial charge in [0.25, 0.3) is 5.92 Å². The van der Waals surface area contributed by atoms with E-state index in [1.165, 1.54) is 0 Å². The molecule has 3 rings (SSSR count). The van der Waals surface area contributed by atoms with Crippen LogP contribution < -0.4 is 5.32 Å². The van der Waals surface area contributed by atoms with E-state index < -0.39 is 43.0 Å². The van der Waals surface area contributed by atoms with Crippen molar-refractivity contribution in [3.63, 3.8) is 0 Å². The second-order valence-electron chi connectivity index (χ2n) is 6.73. The van der Waals surface area contributed by atoms with Crippen LogP contribution >= 0.6 is 0 Å². The lowest BCUT2D eigenvalue weighted by atomic mass is 9.98. The molecule has 2 N–H and O–H groups in total. The van der Waals surface area contributed by atoms with Crippen molar-refractivity contribution in [3.05, 3.63) is 17.0 Å². The van der Waals surface area contributed by atoms with Crippen molar-refractivity contribution in [2.45, 2.75) is 44.5 Å². The Labute approximate surface area is 150 Å². The van der Waals surface area contributed by atoms with E-state index in [0.717, 1.165) is 9.58 Å². The smallest absolute Gasteiger partial charge is 0.465 e. The van der Waals surface area contributed by atoms with E-state index in [1.54, 1.807) is 5.32 Å². The van der Waals surface area contributed by atoms with Crippen LogP contribution in [-0.2, 0) is 30.2 Å². The van der Waals surface area contributed by atoms with Crippen molar-refractivity contribution in [1.29, 1.82) is 0 Å². The number of halogens is 5. The highest BCUT2D eigenvalue weighted by molar-refractivity contribution is 5.81. The Morgan fingerprint density at radius 2 is 2.04 bits per heavy atom. The second kappa shape index (κ2) is 6.64. The van der Waals surface area contributed by atoms with Gasteiger partial charge in [0.1, 0.15) is 5.69 Å². The number of alkyl halides is 5. The quantitative estimate of drug-likeness (QED) is 0.750. The van der Waals surface area contributed by atoms with Crippen LogP contribution in [0.25, 0.3) is 0 Å². The molecule has 1 aromatic heterocycles. The van der Waals surface area contributed by atoms with Gasteiger partial charge in [-0.3, -0.25) is 9.48 Å². The van der Waals surface area contributed by atoms with Crippen molar-refractivity contribution >= 4 is 12.0 Å². The molecular weight excluding hydrogens is 379 g/mol. The molecule has 0 spiro atoms. The Morgan fingerprint density at radius 1 is 1.33 bits per heavy atom. The Kier molecular flexibility index (Phi) is 4.76. The Morgan fingerprint density at radius 3 is 2.67 bits per heavy atom. The predicted molar refractivity (Wildman–Crippen MR) is 80.0 cm³/mol. The zero-order valence-electron chi connectivity index (χ0n) is 14.0. The minimum Gasteiger partial charge on any atom is -0.465 e. The zero-order valence-corrected chi connectivity index (χ0v) is 14.0. The molecule has 150 valence electrons. The Bertz CT molecular complexity index is 761. The number of fused-ring (bicyclic) bond motifs is 3. The number of hydrogen-bond donors (Lipinski definition) is 2. The fourth-order valence-electron chi connectivity index (χ4n) is 3.47. The molecule has 0 saturated carbocycles. The van der Waals surface area contributed by atoms with Crippen LogP contribution in [0.1, 0.15) is 29.8 Å². The average molecular weight is 396 g/mol. The molecule has 0 bridgehead atoms. The number of rotatable bonds is 2. The number of carbonyl (C=O) groups is 2. The number of carbonyl (C=O) groups excluding carboxylic acids is 1. The van der Waals surface area contributed by atoms with E-state index in [9.17, 15) is 31.5 Å². The van der Waals surface area contributed by atoms with E-state index in [1.807, 2.05) is 0 Å². The summed E-state index contributed by atoms with van der Waals surface area (Å²) in [6, 6.07) is 0. The summed E-state index contributed by atoms with van der Waals surface area (Å²) in [5.41, 5.74) is 0.156. The van der Waals surface area contributed by atoms with Gasteiger partial charge in [0, 0.05) is 38.0 Å². The molecule has 0 fully saturated rings. The van der Waals surface area contributed by atoms with Crippen molar-refractivity contribution in [3.8, 4) is 0 Å². The number of nitrogens with one attached hydrogen (secondary N) is 1. The lowest BCUT2D eigenvalue weighted by Crippen LogP contribution is -2.40. The van der Waals surface area contributed by atoms with E-state index in [0.29, 0.717) is 5.69 Å². The monoisotopic (exact) mass is 396 g/mol. The number of nitrogens with zero attached hydrogens (tertiary/aromatic N) is 3. The van der Waals surface area contributed by atoms with Gasteiger partial charge in [0.15, 0.2) is 0 Å². The third-order valence-corrected chi connectivity index (χ3v) is 4.82. The maximum Gasteiger partial charge on any atom is 0.471 e. The van der Waals surface area contributed by atoms with Crippen molar-refractivity contribution in [2.24, 2.45) is 5.92 Å². The van der Waals surface area contributed by atoms with Crippen LogP contribution in [0.3, 0.4) is 0 Å². The van der Waals surface area contributed by atoms with E-state index in [2.05, 4.69) is 5.10 Å². The Hall–Kier alpha value is -2.40. The predicted octanol–water partition coefficient (Wildman–Crippen LogP) is 2.10. The summed E-state index contributed by atoms with van der Waals surface area (Å²) >= 11 is 0.